The highest BCUT2D eigenvalue weighted by atomic mass is 16.1. The Morgan fingerprint density at radius 1 is 1.07 bits per heavy atom. The van der Waals surface area contributed by atoms with Gasteiger partial charge in [-0.3, -0.25) is 19.8 Å². The lowest BCUT2D eigenvalue weighted by Gasteiger charge is -1.96. The van der Waals surface area contributed by atoms with Crippen LogP contribution in [0.5, 0.6) is 0 Å². The van der Waals surface area contributed by atoms with Gasteiger partial charge in [-0.15, -0.1) is 0 Å². The van der Waals surface area contributed by atoms with Crippen molar-refractivity contribution in [3.05, 3.63) is 46.2 Å². The quantitative estimate of drug-likeness (QED) is 0.695. The summed E-state index contributed by atoms with van der Waals surface area (Å²) >= 11 is 0. The maximum atomic E-state index is 10.8. The van der Waals surface area contributed by atoms with Gasteiger partial charge in [0.2, 0.25) is 0 Å². The first kappa shape index (κ1) is 8.50. The Labute approximate surface area is 79.6 Å². The lowest BCUT2D eigenvalue weighted by Crippen LogP contribution is -1.93. The summed E-state index contributed by atoms with van der Waals surface area (Å²) in [6, 6.07) is 8.43. The van der Waals surface area contributed by atoms with Gasteiger partial charge in [-0.1, -0.05) is 24.3 Å². The first-order chi connectivity index (χ1) is 6.79. The van der Waals surface area contributed by atoms with Gasteiger partial charge in [-0.25, -0.2) is 0 Å². The second-order valence-corrected chi connectivity index (χ2v) is 2.91. The standard InChI is InChI=1S/C10H8N2O2/c13-6-7-1-3-8(4-2-7)9-5-10(14)12-11-9/h1-6H,(H2,11,12,14). The van der Waals surface area contributed by atoms with Crippen LogP contribution >= 0.6 is 0 Å². The molecule has 0 unspecified atom stereocenters. The molecule has 1 heterocycles. The van der Waals surface area contributed by atoms with E-state index >= 15 is 0 Å². The Bertz CT molecular complexity index is 493. The van der Waals surface area contributed by atoms with Crippen LogP contribution in [0, 0.1) is 0 Å². The SMILES string of the molecule is O=Cc1ccc(-c2cc(=O)[nH][nH]2)cc1. The first-order valence-corrected chi connectivity index (χ1v) is 4.13. The van der Waals surface area contributed by atoms with Crippen LogP contribution in [0.25, 0.3) is 11.3 Å². The van der Waals surface area contributed by atoms with Crippen LogP contribution in [0.3, 0.4) is 0 Å². The van der Waals surface area contributed by atoms with Gasteiger partial charge in [0.15, 0.2) is 0 Å². The molecule has 1 aromatic carbocycles. The maximum absolute atomic E-state index is 10.8. The maximum Gasteiger partial charge on any atom is 0.264 e. The Kier molecular flexibility index (Phi) is 2.02. The number of rotatable bonds is 2. The second kappa shape index (κ2) is 3.33. The second-order valence-electron chi connectivity index (χ2n) is 2.91. The number of carbonyl (C=O) groups is 1. The van der Waals surface area contributed by atoms with Crippen molar-refractivity contribution in [1.29, 1.82) is 0 Å². The van der Waals surface area contributed by atoms with E-state index in [2.05, 4.69) is 10.2 Å². The average Bonchev–Trinajstić information content (AvgIpc) is 2.65. The van der Waals surface area contributed by atoms with Gasteiger partial charge in [-0.2, -0.15) is 0 Å². The van der Waals surface area contributed by atoms with E-state index in [1.165, 1.54) is 6.07 Å². The fourth-order valence-electron chi connectivity index (χ4n) is 1.23. The number of H-pyrrole nitrogens is 2. The van der Waals surface area contributed by atoms with E-state index in [9.17, 15) is 9.59 Å². The molecule has 0 saturated carbocycles. The van der Waals surface area contributed by atoms with Crippen molar-refractivity contribution < 1.29 is 4.79 Å². The van der Waals surface area contributed by atoms with Crippen molar-refractivity contribution in [1.82, 2.24) is 10.2 Å². The van der Waals surface area contributed by atoms with Crippen LogP contribution in [0.4, 0.5) is 0 Å². The number of hydrogen-bond donors (Lipinski definition) is 2. The third-order valence-corrected chi connectivity index (χ3v) is 1.95. The normalized spacial score (nSPS) is 10.0. The molecule has 70 valence electrons. The number of aldehydes is 1. The lowest BCUT2D eigenvalue weighted by atomic mass is 10.1. The monoisotopic (exact) mass is 188 g/mol. The summed E-state index contributed by atoms with van der Waals surface area (Å²) < 4.78 is 0. The van der Waals surface area contributed by atoms with Gasteiger partial charge < -0.3 is 0 Å². The molecular formula is C10H8N2O2. The fraction of sp³-hybridized carbons (Fsp3) is 0. The molecule has 14 heavy (non-hydrogen) atoms. The topological polar surface area (TPSA) is 65.7 Å². The lowest BCUT2D eigenvalue weighted by molar-refractivity contribution is 0.112. The van der Waals surface area contributed by atoms with Crippen LogP contribution in [0.1, 0.15) is 10.4 Å². The summed E-state index contributed by atoms with van der Waals surface area (Å²) in [7, 11) is 0. The smallest absolute Gasteiger partial charge is 0.264 e. The number of benzene rings is 1. The Morgan fingerprint density at radius 2 is 1.79 bits per heavy atom. The Morgan fingerprint density at radius 3 is 2.29 bits per heavy atom. The zero-order valence-electron chi connectivity index (χ0n) is 7.28. The molecule has 0 radical (unpaired) electrons. The van der Waals surface area contributed by atoms with Gasteiger partial charge in [0, 0.05) is 11.6 Å². The van der Waals surface area contributed by atoms with E-state index in [0.717, 1.165) is 11.8 Å². The van der Waals surface area contributed by atoms with Crippen molar-refractivity contribution in [3.8, 4) is 11.3 Å². The van der Waals surface area contributed by atoms with Crippen LogP contribution in [-0.2, 0) is 0 Å². The molecule has 0 aliphatic rings. The van der Waals surface area contributed by atoms with E-state index in [1.54, 1.807) is 24.3 Å². The molecule has 1 aromatic heterocycles. The molecule has 2 rings (SSSR count). The number of carbonyl (C=O) groups excluding carboxylic acids is 1. The van der Waals surface area contributed by atoms with Crippen molar-refractivity contribution in [2.45, 2.75) is 0 Å². The molecule has 0 amide bonds. The Balaban J connectivity index is 2.42. The van der Waals surface area contributed by atoms with Gasteiger partial charge >= 0.3 is 0 Å². The Hall–Kier alpha value is -2.10. The predicted octanol–water partition coefficient (Wildman–Crippen LogP) is 1.18. The van der Waals surface area contributed by atoms with E-state index in [1.807, 2.05) is 0 Å². The number of hydrogen-bond acceptors (Lipinski definition) is 2. The van der Waals surface area contributed by atoms with Crippen LogP contribution in [0.15, 0.2) is 35.1 Å². The number of aromatic amines is 2. The minimum Gasteiger partial charge on any atom is -0.298 e. The molecule has 4 heteroatoms. The molecular weight excluding hydrogens is 180 g/mol. The van der Waals surface area contributed by atoms with Gasteiger partial charge in [0.05, 0.1) is 5.69 Å². The largest absolute Gasteiger partial charge is 0.298 e. The number of aromatic nitrogens is 2. The molecule has 0 fully saturated rings. The first-order valence-electron chi connectivity index (χ1n) is 4.13. The van der Waals surface area contributed by atoms with Crippen LogP contribution < -0.4 is 5.56 Å². The molecule has 0 aliphatic heterocycles. The van der Waals surface area contributed by atoms with Crippen molar-refractivity contribution in [2.75, 3.05) is 0 Å². The highest BCUT2D eigenvalue weighted by Gasteiger charge is 1.99. The summed E-state index contributed by atoms with van der Waals surface area (Å²) in [5.41, 5.74) is 2.03. The molecule has 0 bridgehead atoms. The molecule has 0 aliphatic carbocycles. The third-order valence-electron chi connectivity index (χ3n) is 1.95. The minimum absolute atomic E-state index is 0.167. The van der Waals surface area contributed by atoms with E-state index in [-0.39, 0.29) is 5.56 Å². The molecule has 2 aromatic rings. The zero-order valence-corrected chi connectivity index (χ0v) is 7.28. The highest BCUT2D eigenvalue weighted by molar-refractivity contribution is 5.76. The van der Waals surface area contributed by atoms with E-state index in [0.29, 0.717) is 11.3 Å². The van der Waals surface area contributed by atoms with E-state index in [4.69, 9.17) is 0 Å². The average molecular weight is 188 g/mol. The molecule has 0 spiro atoms. The molecule has 4 nitrogen and oxygen atoms in total. The molecule has 0 saturated heterocycles. The molecule has 0 atom stereocenters. The van der Waals surface area contributed by atoms with Crippen molar-refractivity contribution in [3.63, 3.8) is 0 Å². The summed E-state index contributed by atoms with van der Waals surface area (Å²) in [6.45, 7) is 0. The molecule has 2 N–H and O–H groups in total. The number of nitrogens with one attached hydrogen (secondary N) is 2. The zero-order chi connectivity index (χ0) is 9.97. The van der Waals surface area contributed by atoms with Gasteiger partial charge in [0.25, 0.3) is 5.56 Å². The third kappa shape index (κ3) is 1.50. The fourth-order valence-corrected chi connectivity index (χ4v) is 1.23. The van der Waals surface area contributed by atoms with Crippen molar-refractivity contribution in [2.24, 2.45) is 0 Å². The van der Waals surface area contributed by atoms with Gasteiger partial charge in [-0.05, 0) is 5.56 Å². The summed E-state index contributed by atoms with van der Waals surface area (Å²) in [5.74, 6) is 0. The predicted molar refractivity (Wildman–Crippen MR) is 52.2 cm³/mol. The van der Waals surface area contributed by atoms with Crippen molar-refractivity contribution >= 4 is 6.29 Å². The van der Waals surface area contributed by atoms with Crippen LogP contribution in [-0.4, -0.2) is 16.5 Å². The minimum atomic E-state index is -0.167. The summed E-state index contributed by atoms with van der Waals surface area (Å²) in [4.78, 5) is 21.2. The summed E-state index contributed by atoms with van der Waals surface area (Å²) in [6.07, 6.45) is 0.781. The van der Waals surface area contributed by atoms with Crippen LogP contribution in [0.2, 0.25) is 0 Å². The van der Waals surface area contributed by atoms with E-state index < -0.39 is 0 Å². The van der Waals surface area contributed by atoms with Gasteiger partial charge in [0.1, 0.15) is 6.29 Å². The summed E-state index contributed by atoms with van der Waals surface area (Å²) in [5, 5.41) is 5.18. The highest BCUT2D eigenvalue weighted by Crippen LogP contribution is 2.14.